The lowest BCUT2D eigenvalue weighted by atomic mass is 10.3. The Morgan fingerprint density at radius 1 is 1.67 bits per heavy atom. The van der Waals surface area contributed by atoms with Crippen LogP contribution in [0.5, 0.6) is 0 Å². The fraction of sp³-hybridized carbons (Fsp3) is 1.00. The summed E-state index contributed by atoms with van der Waals surface area (Å²) >= 11 is 0. The number of halogens is 1. The summed E-state index contributed by atoms with van der Waals surface area (Å²) < 4.78 is 5.05. The van der Waals surface area contributed by atoms with Crippen LogP contribution in [0.1, 0.15) is 19.8 Å². The lowest BCUT2D eigenvalue weighted by Crippen LogP contribution is -1.94. The van der Waals surface area contributed by atoms with Crippen LogP contribution >= 0.6 is 31.3 Å². The van der Waals surface area contributed by atoms with E-state index in [1.165, 1.54) is 27.1 Å². The van der Waals surface area contributed by atoms with Crippen molar-refractivity contribution in [3.63, 3.8) is 0 Å². The van der Waals surface area contributed by atoms with E-state index < -0.39 is 0 Å². The normalized spacial score (nSPS) is 9.56. The highest BCUT2D eigenvalue weighted by Gasteiger charge is 1.90. The van der Waals surface area contributed by atoms with Crippen molar-refractivity contribution in [3.8, 4) is 0 Å². The van der Waals surface area contributed by atoms with E-state index in [2.05, 4.69) is 6.92 Å². The van der Waals surface area contributed by atoms with Crippen molar-refractivity contribution < 1.29 is 4.65 Å². The Morgan fingerprint density at radius 3 is 3.00 bits per heavy atom. The first-order valence-corrected chi connectivity index (χ1v) is 5.83. The Hall–Kier alpha value is 1.01. The Bertz CT molecular complexity index is 51.8. The van der Waals surface area contributed by atoms with Gasteiger partial charge < -0.3 is 4.65 Å². The number of rotatable bonds is 6. The van der Waals surface area contributed by atoms with Crippen LogP contribution in [-0.4, -0.2) is 13.4 Å². The first-order valence-electron chi connectivity index (χ1n) is 2.79. The summed E-state index contributed by atoms with van der Waals surface area (Å²) in [6, 6.07) is 0. The van der Waals surface area contributed by atoms with Crippen LogP contribution in [0.15, 0.2) is 0 Å². The van der Waals surface area contributed by atoms with E-state index in [9.17, 15) is 0 Å². The van der Waals surface area contributed by atoms with E-state index in [1.807, 2.05) is 0 Å². The van der Waals surface area contributed by atoms with Crippen molar-refractivity contribution in [1.82, 2.24) is 0 Å². The molecule has 5 heteroatoms. The van der Waals surface area contributed by atoms with Crippen molar-refractivity contribution in [3.05, 3.63) is 0 Å². The maximum absolute atomic E-state index is 5.28. The van der Waals surface area contributed by atoms with Gasteiger partial charge in [0.25, 0.3) is 0 Å². The molecule has 0 fully saturated rings. The minimum absolute atomic E-state index is 0.806. The van der Waals surface area contributed by atoms with Gasteiger partial charge in [0.15, 0.2) is 0 Å². The topological polar surface area (TPSA) is 9.23 Å². The van der Waals surface area contributed by atoms with Gasteiger partial charge in [-0.25, -0.2) is 0 Å². The zero-order valence-electron chi connectivity index (χ0n) is 5.30. The highest BCUT2D eigenvalue weighted by Crippen LogP contribution is 2.23. The summed E-state index contributed by atoms with van der Waals surface area (Å²) in [6.07, 6.45) is 2.29. The number of hydrogen-bond donors (Lipinski definition) is 0. The van der Waals surface area contributed by atoms with Crippen LogP contribution in [0.25, 0.3) is 0 Å². The van der Waals surface area contributed by atoms with Crippen LogP contribution in [0.2, 0.25) is 0 Å². The third kappa shape index (κ3) is 9.01. The van der Waals surface area contributed by atoms with Crippen LogP contribution in [0.4, 0.5) is 0 Å². The molecule has 0 rings (SSSR count). The molecule has 0 aromatic rings. The van der Waals surface area contributed by atoms with Crippen LogP contribution in [0.3, 0.4) is 0 Å². The third-order valence-corrected chi connectivity index (χ3v) is 2.16. The van der Waals surface area contributed by atoms with Crippen molar-refractivity contribution >= 4 is 38.1 Å². The average molecular weight is 184 g/mol. The Kier molecular flexibility index (Phi) is 10.0. The molecule has 0 aliphatic heterocycles. The second kappa shape index (κ2) is 9.01. The predicted octanol–water partition coefficient (Wildman–Crippen LogP) is 2.87. The van der Waals surface area contributed by atoms with E-state index in [-0.39, 0.29) is 0 Å². The molecule has 0 amide bonds. The van der Waals surface area contributed by atoms with E-state index in [1.54, 1.807) is 6.76 Å². The van der Waals surface area contributed by atoms with Gasteiger partial charge in [-0.3, -0.25) is 0 Å². The highest BCUT2D eigenvalue weighted by molar-refractivity contribution is 8.92. The second-order valence-electron chi connectivity index (χ2n) is 1.48. The van der Waals surface area contributed by atoms with E-state index >= 15 is 0 Å². The van der Waals surface area contributed by atoms with Crippen molar-refractivity contribution in [2.24, 2.45) is 0 Å². The number of hydrogen-bond acceptors (Lipinski definition) is 3. The highest BCUT2D eigenvalue weighted by atomic mass is 35.7. The molecule has 0 bridgehead atoms. The van der Waals surface area contributed by atoms with Gasteiger partial charge in [0.05, 0.1) is 0 Å². The Balaban J connectivity index is 2.60. The molecule has 1 nitrogen and oxygen atoms in total. The van der Waals surface area contributed by atoms with Gasteiger partial charge in [-0.05, 0) is 17.1 Å². The number of unbranched alkanes of at least 4 members (excludes halogenated alkanes) is 1. The molecular weight excluding hydrogens is 174 g/mol. The smallest absolute Gasteiger partial charge is 0.384 e. The quantitative estimate of drug-likeness (QED) is 0.356. The molecule has 0 aliphatic rings. The van der Waals surface area contributed by atoms with Crippen LogP contribution < -0.4 is 0 Å². The molecule has 0 spiro atoms. The zero-order valence-corrected chi connectivity index (χ0v) is 7.69. The fourth-order valence-electron chi connectivity index (χ4n) is 0.318. The maximum Gasteiger partial charge on any atom is 0.384 e. The van der Waals surface area contributed by atoms with Gasteiger partial charge in [-0.15, -0.1) is 0 Å². The lowest BCUT2D eigenvalue weighted by molar-refractivity contribution is 0.336. The molecule has 0 saturated carbocycles. The largest absolute Gasteiger partial charge is 0.428 e. The predicted molar refractivity (Wildman–Crippen MR) is 47.6 cm³/mol. The summed E-state index contributed by atoms with van der Waals surface area (Å²) in [4.78, 5) is 0. The SMILES string of the molecule is CCCCO[B]SSCl. The summed E-state index contributed by atoms with van der Waals surface area (Å²) in [5.41, 5.74) is 0. The average Bonchev–Trinajstić information content (AvgIpc) is 1.89. The zero-order chi connectivity index (χ0) is 6.95. The molecule has 53 valence electrons. The second-order valence-corrected chi connectivity index (χ2v) is 4.08. The molecule has 0 aliphatic carbocycles. The molecule has 0 aromatic carbocycles. The third-order valence-electron chi connectivity index (χ3n) is 0.759. The molecular formula is C4H9BClOS2. The van der Waals surface area contributed by atoms with Crippen molar-refractivity contribution in [1.29, 1.82) is 0 Å². The fourth-order valence-corrected chi connectivity index (χ4v) is 1.02. The van der Waals surface area contributed by atoms with Crippen molar-refractivity contribution in [2.75, 3.05) is 6.61 Å². The van der Waals surface area contributed by atoms with Gasteiger partial charge in [0.1, 0.15) is 0 Å². The van der Waals surface area contributed by atoms with Crippen molar-refractivity contribution in [2.45, 2.75) is 19.8 Å². The van der Waals surface area contributed by atoms with Gasteiger partial charge in [0, 0.05) is 16.6 Å². The summed E-state index contributed by atoms with van der Waals surface area (Å²) in [5.74, 6) is 0. The van der Waals surface area contributed by atoms with E-state index in [0.29, 0.717) is 0 Å². The molecule has 0 aromatic heterocycles. The molecule has 0 heterocycles. The van der Waals surface area contributed by atoms with Gasteiger partial charge in [0.2, 0.25) is 0 Å². The van der Waals surface area contributed by atoms with E-state index in [0.717, 1.165) is 13.0 Å². The molecule has 0 N–H and O–H groups in total. The minimum atomic E-state index is 0.806. The summed E-state index contributed by atoms with van der Waals surface area (Å²) in [6.45, 7) is 4.60. The summed E-state index contributed by atoms with van der Waals surface area (Å²) in [5, 5.41) is 0. The molecule has 1 radical (unpaired) electrons. The lowest BCUT2D eigenvalue weighted by Gasteiger charge is -1.96. The minimum Gasteiger partial charge on any atom is -0.428 e. The standard InChI is InChI=1S/C4H9BClOS2/c1-2-3-4-7-5-8-9-6/h2-4H2,1H3. The maximum atomic E-state index is 5.28. The first-order chi connectivity index (χ1) is 4.41. The molecule has 0 saturated heterocycles. The Morgan fingerprint density at radius 2 is 2.44 bits per heavy atom. The van der Waals surface area contributed by atoms with Gasteiger partial charge in [-0.2, -0.15) is 0 Å². The monoisotopic (exact) mass is 183 g/mol. The molecule has 0 atom stereocenters. The Labute approximate surface area is 69.3 Å². The molecule has 0 unspecified atom stereocenters. The van der Waals surface area contributed by atoms with Crippen LogP contribution in [-0.2, 0) is 4.65 Å². The van der Waals surface area contributed by atoms with Gasteiger partial charge >= 0.3 is 6.76 Å². The molecule has 9 heavy (non-hydrogen) atoms. The van der Waals surface area contributed by atoms with Crippen LogP contribution in [0, 0.1) is 0 Å². The summed E-state index contributed by atoms with van der Waals surface area (Å²) in [7, 11) is 7.84. The van der Waals surface area contributed by atoms with Gasteiger partial charge in [-0.1, -0.05) is 24.0 Å². The first kappa shape index (κ1) is 10.0. The van der Waals surface area contributed by atoms with E-state index in [4.69, 9.17) is 15.3 Å².